The third-order valence-electron chi connectivity index (χ3n) is 5.01. The summed E-state index contributed by atoms with van der Waals surface area (Å²) in [5.41, 5.74) is -0.297. The zero-order valence-corrected chi connectivity index (χ0v) is 17.6. The molecule has 2 N–H and O–H groups in total. The number of sulfonamides is 1. The molecule has 1 heterocycles. The van der Waals surface area contributed by atoms with Gasteiger partial charge in [-0.3, -0.25) is 4.79 Å². The predicted octanol–water partition coefficient (Wildman–Crippen LogP) is 3.65. The zero-order valence-electron chi connectivity index (χ0n) is 16.8. The smallest absolute Gasteiger partial charge is 0.377 e. The topological polar surface area (TPSA) is 84.5 Å². The van der Waals surface area contributed by atoms with E-state index < -0.39 is 33.7 Å². The van der Waals surface area contributed by atoms with Crippen molar-refractivity contribution in [2.45, 2.75) is 43.0 Å². The highest BCUT2D eigenvalue weighted by atomic mass is 32.2. The van der Waals surface area contributed by atoms with Crippen molar-refractivity contribution in [3.8, 4) is 0 Å². The molecule has 10 heteroatoms. The van der Waals surface area contributed by atoms with Crippen molar-refractivity contribution in [3.05, 3.63) is 65.2 Å². The van der Waals surface area contributed by atoms with Crippen molar-refractivity contribution >= 4 is 15.9 Å². The highest BCUT2D eigenvalue weighted by Crippen LogP contribution is 2.30. The third-order valence-corrected chi connectivity index (χ3v) is 6.45. The maximum atomic E-state index is 12.9. The van der Waals surface area contributed by atoms with Gasteiger partial charge in [0, 0.05) is 18.7 Å². The van der Waals surface area contributed by atoms with Crippen LogP contribution in [0.5, 0.6) is 0 Å². The maximum absolute atomic E-state index is 12.9. The van der Waals surface area contributed by atoms with Crippen LogP contribution >= 0.6 is 0 Å². The van der Waals surface area contributed by atoms with Crippen LogP contribution in [0.4, 0.5) is 13.2 Å². The van der Waals surface area contributed by atoms with Gasteiger partial charge in [-0.05, 0) is 61.7 Å². The second kappa shape index (κ2) is 9.37. The first-order valence-corrected chi connectivity index (χ1v) is 11.2. The lowest BCUT2D eigenvalue weighted by Crippen LogP contribution is -2.32. The molecule has 2 atom stereocenters. The van der Waals surface area contributed by atoms with Gasteiger partial charge in [0.1, 0.15) is 0 Å². The second-order valence-electron chi connectivity index (χ2n) is 7.33. The van der Waals surface area contributed by atoms with Gasteiger partial charge in [0.15, 0.2) is 0 Å². The number of nitrogens with one attached hydrogen (secondary N) is 2. The number of hydrogen-bond acceptors (Lipinski definition) is 4. The molecule has 2 aromatic rings. The van der Waals surface area contributed by atoms with E-state index in [1.807, 2.05) is 0 Å². The average Bonchev–Trinajstić information content (AvgIpc) is 3.26. The molecule has 3 rings (SSSR count). The normalized spacial score (nSPS) is 18.0. The number of halogens is 3. The molecule has 6 nitrogen and oxygen atoms in total. The molecule has 0 spiro atoms. The molecule has 2 aromatic carbocycles. The molecular formula is C21H23F3N2O4S. The van der Waals surface area contributed by atoms with Crippen LogP contribution in [0.2, 0.25) is 0 Å². The van der Waals surface area contributed by atoms with Crippen LogP contribution in [0, 0.1) is 0 Å². The number of benzene rings is 2. The van der Waals surface area contributed by atoms with Gasteiger partial charge in [0.2, 0.25) is 10.0 Å². The monoisotopic (exact) mass is 456 g/mol. The van der Waals surface area contributed by atoms with Crippen LogP contribution < -0.4 is 10.0 Å². The van der Waals surface area contributed by atoms with Crippen LogP contribution in [0.15, 0.2) is 53.4 Å². The molecule has 31 heavy (non-hydrogen) atoms. The Morgan fingerprint density at radius 1 is 1.19 bits per heavy atom. The van der Waals surface area contributed by atoms with Crippen molar-refractivity contribution in [1.82, 2.24) is 10.0 Å². The Labute approximate surface area is 178 Å². The summed E-state index contributed by atoms with van der Waals surface area (Å²) in [5.74, 6) is -0.527. The molecule has 0 unspecified atom stereocenters. The quantitative estimate of drug-likeness (QED) is 0.666. The van der Waals surface area contributed by atoms with Crippen molar-refractivity contribution in [1.29, 1.82) is 0 Å². The minimum Gasteiger partial charge on any atom is -0.377 e. The van der Waals surface area contributed by atoms with E-state index in [2.05, 4.69) is 10.0 Å². The lowest BCUT2D eigenvalue weighted by molar-refractivity contribution is -0.137. The summed E-state index contributed by atoms with van der Waals surface area (Å²) in [6.07, 6.45) is -2.92. The SMILES string of the molecule is C[C@@H](NC(=O)c1ccc(S(=O)(=O)NC[C@@H]2CCCO2)cc1)c1cccc(C(F)(F)F)c1. The number of ether oxygens (including phenoxy) is 1. The molecule has 1 aliphatic rings. The van der Waals surface area contributed by atoms with Crippen molar-refractivity contribution in [2.24, 2.45) is 0 Å². The number of alkyl halides is 3. The highest BCUT2D eigenvalue weighted by Gasteiger charge is 2.30. The lowest BCUT2D eigenvalue weighted by Gasteiger charge is -2.16. The summed E-state index contributed by atoms with van der Waals surface area (Å²) in [4.78, 5) is 12.5. The van der Waals surface area contributed by atoms with E-state index in [1.54, 1.807) is 6.92 Å². The Bertz CT molecular complexity index is 1020. The first kappa shape index (κ1) is 23.2. The van der Waals surface area contributed by atoms with Gasteiger partial charge < -0.3 is 10.1 Å². The molecule has 0 saturated carbocycles. The molecule has 1 fully saturated rings. The zero-order chi connectivity index (χ0) is 22.6. The first-order valence-electron chi connectivity index (χ1n) is 9.75. The van der Waals surface area contributed by atoms with Crippen molar-refractivity contribution in [3.63, 3.8) is 0 Å². The standard InChI is InChI=1S/C21H23F3N2O4S/c1-14(16-4-2-5-17(12-16)21(22,23)24)26-20(27)15-7-9-19(10-8-15)31(28,29)25-13-18-6-3-11-30-18/h2,4-5,7-10,12,14,18,25H,3,6,11,13H2,1H3,(H,26,27)/t14-,18+/m1/s1. The third kappa shape index (κ3) is 6.05. The lowest BCUT2D eigenvalue weighted by atomic mass is 10.0. The summed E-state index contributed by atoms with van der Waals surface area (Å²) >= 11 is 0. The fourth-order valence-corrected chi connectivity index (χ4v) is 4.29. The molecule has 0 aliphatic carbocycles. The fourth-order valence-electron chi connectivity index (χ4n) is 3.22. The van der Waals surface area contributed by atoms with Crippen LogP contribution in [0.1, 0.15) is 47.3 Å². The maximum Gasteiger partial charge on any atom is 0.416 e. The molecule has 0 bridgehead atoms. The van der Waals surface area contributed by atoms with Gasteiger partial charge in [0.05, 0.1) is 22.6 Å². The summed E-state index contributed by atoms with van der Waals surface area (Å²) in [6, 6.07) is 9.38. The minimum atomic E-state index is -4.47. The van der Waals surface area contributed by atoms with Crippen LogP contribution in [-0.2, 0) is 20.9 Å². The Hall–Kier alpha value is -2.43. The van der Waals surface area contributed by atoms with Crippen molar-refractivity contribution in [2.75, 3.05) is 13.2 Å². The van der Waals surface area contributed by atoms with E-state index in [0.29, 0.717) is 12.2 Å². The van der Waals surface area contributed by atoms with Crippen molar-refractivity contribution < 1.29 is 31.1 Å². The summed E-state index contributed by atoms with van der Waals surface area (Å²) in [7, 11) is -3.74. The van der Waals surface area contributed by atoms with Crippen LogP contribution in [0.25, 0.3) is 0 Å². The van der Waals surface area contributed by atoms with E-state index in [-0.39, 0.29) is 23.1 Å². The molecule has 0 aromatic heterocycles. The number of hydrogen-bond donors (Lipinski definition) is 2. The minimum absolute atomic E-state index is 0.00738. The van der Waals surface area contributed by atoms with Gasteiger partial charge in [-0.15, -0.1) is 0 Å². The predicted molar refractivity (Wildman–Crippen MR) is 108 cm³/mol. The van der Waals surface area contributed by atoms with Crippen LogP contribution in [0.3, 0.4) is 0 Å². The van der Waals surface area contributed by atoms with Gasteiger partial charge >= 0.3 is 6.18 Å². The van der Waals surface area contributed by atoms with Gasteiger partial charge in [-0.25, -0.2) is 13.1 Å². The van der Waals surface area contributed by atoms with Gasteiger partial charge in [-0.2, -0.15) is 13.2 Å². The van der Waals surface area contributed by atoms with E-state index in [1.165, 1.54) is 36.4 Å². The largest absolute Gasteiger partial charge is 0.416 e. The first-order chi connectivity index (χ1) is 14.6. The van der Waals surface area contributed by atoms with Gasteiger partial charge in [-0.1, -0.05) is 12.1 Å². The second-order valence-corrected chi connectivity index (χ2v) is 9.10. The fraction of sp³-hybridized carbons (Fsp3) is 0.381. The number of amides is 1. The van der Waals surface area contributed by atoms with E-state index in [0.717, 1.165) is 25.0 Å². The molecule has 168 valence electrons. The number of carbonyl (C=O) groups excluding carboxylic acids is 1. The number of rotatable bonds is 7. The summed E-state index contributed by atoms with van der Waals surface area (Å²) in [5, 5.41) is 2.62. The number of carbonyl (C=O) groups is 1. The summed E-state index contributed by atoms with van der Waals surface area (Å²) < 4.78 is 71.3. The summed E-state index contributed by atoms with van der Waals surface area (Å²) in [6.45, 7) is 2.37. The van der Waals surface area contributed by atoms with Crippen LogP contribution in [-0.4, -0.2) is 33.6 Å². The Kier molecular flexibility index (Phi) is 7.03. The Morgan fingerprint density at radius 3 is 2.52 bits per heavy atom. The molecule has 1 amide bonds. The molecular weight excluding hydrogens is 433 g/mol. The Balaban J connectivity index is 1.63. The van der Waals surface area contributed by atoms with E-state index in [9.17, 15) is 26.4 Å². The average molecular weight is 456 g/mol. The van der Waals surface area contributed by atoms with Gasteiger partial charge in [0.25, 0.3) is 5.91 Å². The molecule has 1 saturated heterocycles. The van der Waals surface area contributed by atoms with E-state index in [4.69, 9.17) is 4.74 Å². The highest BCUT2D eigenvalue weighted by molar-refractivity contribution is 7.89. The Morgan fingerprint density at radius 2 is 1.90 bits per heavy atom. The van der Waals surface area contributed by atoms with E-state index >= 15 is 0 Å². The molecule has 0 radical (unpaired) electrons. The molecule has 1 aliphatic heterocycles.